The molecule has 0 heterocycles. The first-order chi connectivity index (χ1) is 11.8. The Labute approximate surface area is 144 Å². The fourth-order valence-corrected chi connectivity index (χ4v) is 2.93. The lowest BCUT2D eigenvalue weighted by Gasteiger charge is -2.13. The number of benzene rings is 1. The quantitative estimate of drug-likeness (QED) is 0.526. The Bertz CT molecular complexity index is 524. The van der Waals surface area contributed by atoms with Gasteiger partial charge in [-0.2, -0.15) is 0 Å². The molecule has 1 fully saturated rings. The van der Waals surface area contributed by atoms with Crippen LogP contribution >= 0.6 is 0 Å². The maximum absolute atomic E-state index is 9.45. The van der Waals surface area contributed by atoms with Crippen LogP contribution in [-0.4, -0.2) is 38.3 Å². The van der Waals surface area contributed by atoms with E-state index in [4.69, 9.17) is 14.2 Å². The number of hydrogen-bond donors (Lipinski definition) is 1. The van der Waals surface area contributed by atoms with Gasteiger partial charge in [0.2, 0.25) is 0 Å². The molecular weight excluding hydrogens is 304 g/mol. The Morgan fingerprint density at radius 2 is 2.08 bits per heavy atom. The molecule has 1 aromatic rings. The second-order valence-corrected chi connectivity index (χ2v) is 6.04. The monoisotopic (exact) mass is 332 g/mol. The van der Waals surface area contributed by atoms with Crippen molar-refractivity contribution in [2.75, 3.05) is 27.1 Å². The molecule has 2 atom stereocenters. The standard InChI is InChI=1S/C20H28O4/c1-16-18(13-21)12-20(24-15-22-2)19(16)10-6-7-11-23-14-17-8-4-3-5-9-17/h3-5,8-10,18,20-21H,1,6-7,11-15H2,2H3/b19-10-/t18-,20-/m1/s1. The van der Waals surface area contributed by atoms with Gasteiger partial charge in [0.05, 0.1) is 19.3 Å². The summed E-state index contributed by atoms with van der Waals surface area (Å²) in [6, 6.07) is 10.2. The van der Waals surface area contributed by atoms with Gasteiger partial charge in [-0.3, -0.25) is 0 Å². The highest BCUT2D eigenvalue weighted by Crippen LogP contribution is 2.37. The van der Waals surface area contributed by atoms with E-state index in [2.05, 4.69) is 24.8 Å². The van der Waals surface area contributed by atoms with Crippen LogP contribution in [0.3, 0.4) is 0 Å². The number of hydrogen-bond acceptors (Lipinski definition) is 4. The molecule has 0 radical (unpaired) electrons. The lowest BCUT2D eigenvalue weighted by atomic mass is 10.0. The van der Waals surface area contributed by atoms with Gasteiger partial charge in [0.1, 0.15) is 6.79 Å². The van der Waals surface area contributed by atoms with Crippen LogP contribution < -0.4 is 0 Å². The molecule has 4 heteroatoms. The third-order valence-corrected chi connectivity index (χ3v) is 4.29. The molecule has 2 rings (SSSR count). The Balaban J connectivity index is 1.75. The molecule has 4 nitrogen and oxygen atoms in total. The van der Waals surface area contributed by atoms with E-state index in [1.165, 1.54) is 5.56 Å². The van der Waals surface area contributed by atoms with Gasteiger partial charge in [-0.1, -0.05) is 43.0 Å². The smallest absolute Gasteiger partial charge is 0.147 e. The van der Waals surface area contributed by atoms with E-state index in [0.717, 1.165) is 37.0 Å². The third kappa shape index (κ3) is 5.56. The van der Waals surface area contributed by atoms with Crippen LogP contribution in [0.1, 0.15) is 24.8 Å². The zero-order chi connectivity index (χ0) is 17.2. The van der Waals surface area contributed by atoms with Crippen LogP contribution in [0.25, 0.3) is 0 Å². The molecule has 0 aromatic heterocycles. The van der Waals surface area contributed by atoms with Crippen molar-refractivity contribution >= 4 is 0 Å². The number of ether oxygens (including phenoxy) is 3. The zero-order valence-corrected chi connectivity index (χ0v) is 14.4. The van der Waals surface area contributed by atoms with Gasteiger partial charge < -0.3 is 19.3 Å². The molecule has 0 spiro atoms. The summed E-state index contributed by atoms with van der Waals surface area (Å²) < 4.78 is 16.4. The molecule has 1 aliphatic carbocycles. The molecule has 0 bridgehead atoms. The average molecular weight is 332 g/mol. The highest BCUT2D eigenvalue weighted by atomic mass is 16.7. The van der Waals surface area contributed by atoms with E-state index in [-0.39, 0.29) is 25.4 Å². The zero-order valence-electron chi connectivity index (χ0n) is 14.4. The summed E-state index contributed by atoms with van der Waals surface area (Å²) in [6.07, 6.45) is 4.78. The van der Waals surface area contributed by atoms with Gasteiger partial charge in [-0.05, 0) is 36.0 Å². The summed E-state index contributed by atoms with van der Waals surface area (Å²) in [5, 5.41) is 9.45. The molecule has 1 aromatic carbocycles. The summed E-state index contributed by atoms with van der Waals surface area (Å²) in [7, 11) is 1.61. The summed E-state index contributed by atoms with van der Waals surface area (Å²) in [6.45, 7) is 5.86. The second-order valence-electron chi connectivity index (χ2n) is 6.04. The van der Waals surface area contributed by atoms with Crippen molar-refractivity contribution in [3.63, 3.8) is 0 Å². The van der Waals surface area contributed by atoms with Gasteiger partial charge in [-0.25, -0.2) is 0 Å². The Kier molecular flexibility index (Phi) is 8.19. The van der Waals surface area contributed by atoms with Crippen molar-refractivity contribution in [2.24, 2.45) is 5.92 Å². The number of aliphatic hydroxyl groups is 1. The van der Waals surface area contributed by atoms with Crippen LogP contribution in [-0.2, 0) is 20.8 Å². The number of rotatable bonds is 10. The third-order valence-electron chi connectivity index (χ3n) is 4.29. The van der Waals surface area contributed by atoms with Crippen molar-refractivity contribution in [2.45, 2.75) is 32.0 Å². The highest BCUT2D eigenvalue weighted by molar-refractivity contribution is 5.39. The molecule has 1 N–H and O–H groups in total. The van der Waals surface area contributed by atoms with E-state index in [1.54, 1.807) is 7.11 Å². The lowest BCUT2D eigenvalue weighted by Crippen LogP contribution is -2.13. The molecule has 1 saturated carbocycles. The molecule has 0 saturated heterocycles. The van der Waals surface area contributed by atoms with E-state index < -0.39 is 0 Å². The maximum atomic E-state index is 9.45. The van der Waals surface area contributed by atoms with Crippen LogP contribution in [0.2, 0.25) is 0 Å². The van der Waals surface area contributed by atoms with Crippen molar-refractivity contribution in [3.05, 3.63) is 59.7 Å². The van der Waals surface area contributed by atoms with Gasteiger partial charge >= 0.3 is 0 Å². The van der Waals surface area contributed by atoms with E-state index in [9.17, 15) is 5.11 Å². The number of allylic oxidation sites excluding steroid dienone is 1. The van der Waals surface area contributed by atoms with E-state index >= 15 is 0 Å². The Morgan fingerprint density at radius 1 is 1.29 bits per heavy atom. The number of methoxy groups -OCH3 is 1. The average Bonchev–Trinajstić information content (AvgIpc) is 2.92. The van der Waals surface area contributed by atoms with Crippen LogP contribution in [0.15, 0.2) is 54.1 Å². The van der Waals surface area contributed by atoms with E-state index in [0.29, 0.717) is 6.61 Å². The highest BCUT2D eigenvalue weighted by Gasteiger charge is 2.32. The number of unbranched alkanes of at least 4 members (excludes halogenated alkanes) is 1. The Hall–Kier alpha value is -1.46. The van der Waals surface area contributed by atoms with E-state index in [1.807, 2.05) is 18.2 Å². The molecule has 132 valence electrons. The van der Waals surface area contributed by atoms with Gasteiger partial charge in [0.15, 0.2) is 0 Å². The molecule has 0 unspecified atom stereocenters. The first-order valence-electron chi connectivity index (χ1n) is 8.48. The maximum Gasteiger partial charge on any atom is 0.147 e. The van der Waals surface area contributed by atoms with Crippen LogP contribution in [0.5, 0.6) is 0 Å². The second kappa shape index (κ2) is 10.4. The number of aliphatic hydroxyl groups excluding tert-OH is 1. The van der Waals surface area contributed by atoms with Crippen LogP contribution in [0.4, 0.5) is 0 Å². The van der Waals surface area contributed by atoms with Crippen molar-refractivity contribution in [1.29, 1.82) is 0 Å². The van der Waals surface area contributed by atoms with Crippen molar-refractivity contribution in [3.8, 4) is 0 Å². The summed E-state index contributed by atoms with van der Waals surface area (Å²) in [4.78, 5) is 0. The van der Waals surface area contributed by atoms with Crippen molar-refractivity contribution in [1.82, 2.24) is 0 Å². The molecule has 0 aliphatic heterocycles. The minimum Gasteiger partial charge on any atom is -0.396 e. The summed E-state index contributed by atoms with van der Waals surface area (Å²) in [5.74, 6) is 0.0902. The van der Waals surface area contributed by atoms with Gasteiger partial charge in [-0.15, -0.1) is 0 Å². The minimum atomic E-state index is -0.0279. The first-order valence-corrected chi connectivity index (χ1v) is 8.48. The largest absolute Gasteiger partial charge is 0.396 e. The molecule has 0 amide bonds. The summed E-state index contributed by atoms with van der Waals surface area (Å²) >= 11 is 0. The Morgan fingerprint density at radius 3 is 2.79 bits per heavy atom. The first kappa shape index (κ1) is 18.9. The molecule has 1 aliphatic rings. The predicted molar refractivity (Wildman–Crippen MR) is 94.5 cm³/mol. The minimum absolute atomic E-state index is 0.0279. The topological polar surface area (TPSA) is 47.9 Å². The normalized spacial score (nSPS) is 22.4. The summed E-state index contributed by atoms with van der Waals surface area (Å²) in [5.41, 5.74) is 3.29. The predicted octanol–water partition coefficient (Wildman–Crippen LogP) is 3.47. The molecule has 24 heavy (non-hydrogen) atoms. The van der Waals surface area contributed by atoms with Crippen LogP contribution in [0, 0.1) is 5.92 Å². The van der Waals surface area contributed by atoms with Crippen molar-refractivity contribution < 1.29 is 19.3 Å². The molecular formula is C20H28O4. The van der Waals surface area contributed by atoms with Gasteiger partial charge in [0, 0.05) is 19.6 Å². The fraction of sp³-hybridized carbons (Fsp3) is 0.500. The van der Waals surface area contributed by atoms with Gasteiger partial charge in [0.25, 0.3) is 0 Å². The lowest BCUT2D eigenvalue weighted by molar-refractivity contribution is -0.0592. The fourth-order valence-electron chi connectivity index (χ4n) is 2.93. The SMILES string of the molecule is C=C1/C(=C/CCCOCc2ccccc2)[C@H](OCOC)C[C@@H]1CO.